The summed E-state index contributed by atoms with van der Waals surface area (Å²) in [7, 11) is 1.64. The highest BCUT2D eigenvalue weighted by atomic mass is 16.5. The summed E-state index contributed by atoms with van der Waals surface area (Å²) in [5.74, 6) is 2.40. The summed E-state index contributed by atoms with van der Waals surface area (Å²) in [5.41, 5.74) is 9.13. The van der Waals surface area contributed by atoms with Crippen molar-refractivity contribution in [1.82, 2.24) is 9.97 Å². The summed E-state index contributed by atoms with van der Waals surface area (Å²) in [5, 5.41) is 12.1. The number of hydrazone groups is 2. The number of aromatic nitrogens is 2. The van der Waals surface area contributed by atoms with E-state index in [2.05, 4.69) is 36.3 Å². The van der Waals surface area contributed by atoms with Crippen LogP contribution in [0.5, 0.6) is 5.75 Å². The lowest BCUT2D eigenvalue weighted by Gasteiger charge is -2.16. The Bertz CT molecular complexity index is 822. The molecule has 0 atom stereocenters. The first kappa shape index (κ1) is 17.3. The zero-order chi connectivity index (χ0) is 18.5. The van der Waals surface area contributed by atoms with Gasteiger partial charge in [-0.2, -0.15) is 20.2 Å². The zero-order valence-corrected chi connectivity index (χ0v) is 15.3. The zero-order valence-electron chi connectivity index (χ0n) is 15.3. The molecule has 0 amide bonds. The molecule has 2 aromatic rings. The minimum atomic E-state index is 0.422. The van der Waals surface area contributed by atoms with E-state index in [0.29, 0.717) is 17.6 Å². The Hall–Kier alpha value is -3.16. The molecule has 0 aliphatic heterocycles. The average Bonchev–Trinajstić information content (AvgIpc) is 2.59. The van der Waals surface area contributed by atoms with Crippen molar-refractivity contribution >= 4 is 34.7 Å². The smallest absolute Gasteiger partial charge is 0.247 e. The molecule has 2 saturated carbocycles. The minimum Gasteiger partial charge on any atom is -0.495 e. The van der Waals surface area contributed by atoms with Crippen LogP contribution in [0.15, 0.2) is 40.5 Å². The first-order valence-electron chi connectivity index (χ1n) is 9.22. The number of hydrogen-bond donors (Lipinski definition) is 3. The SMILES string of the molecule is COc1ccccc1Nc1cc(NN=C2CCC2)nc(NN=C2CCC2)n1. The van der Waals surface area contributed by atoms with Gasteiger partial charge in [0.15, 0.2) is 5.82 Å². The third-order valence-corrected chi connectivity index (χ3v) is 4.60. The predicted molar refractivity (Wildman–Crippen MR) is 108 cm³/mol. The Kier molecular flexibility index (Phi) is 5.13. The maximum atomic E-state index is 5.40. The lowest BCUT2D eigenvalue weighted by atomic mass is 9.98. The summed E-state index contributed by atoms with van der Waals surface area (Å²) in [6, 6.07) is 9.51. The van der Waals surface area contributed by atoms with E-state index >= 15 is 0 Å². The maximum absolute atomic E-state index is 5.40. The van der Waals surface area contributed by atoms with Crippen LogP contribution in [0.25, 0.3) is 0 Å². The van der Waals surface area contributed by atoms with E-state index in [1.54, 1.807) is 7.11 Å². The largest absolute Gasteiger partial charge is 0.495 e. The van der Waals surface area contributed by atoms with Gasteiger partial charge in [0.1, 0.15) is 11.6 Å². The van der Waals surface area contributed by atoms with Crippen molar-refractivity contribution < 1.29 is 4.74 Å². The summed E-state index contributed by atoms with van der Waals surface area (Å²) in [6.45, 7) is 0. The molecular formula is C19H23N7O. The topological polar surface area (TPSA) is 95.8 Å². The number of benzene rings is 1. The molecule has 1 heterocycles. The van der Waals surface area contributed by atoms with Gasteiger partial charge in [0.25, 0.3) is 0 Å². The van der Waals surface area contributed by atoms with Crippen LogP contribution in [0, 0.1) is 0 Å². The molecule has 0 bridgehead atoms. The van der Waals surface area contributed by atoms with Crippen molar-refractivity contribution in [1.29, 1.82) is 0 Å². The lowest BCUT2D eigenvalue weighted by Crippen LogP contribution is -2.14. The molecule has 4 rings (SSSR count). The van der Waals surface area contributed by atoms with Gasteiger partial charge < -0.3 is 10.1 Å². The fourth-order valence-electron chi connectivity index (χ4n) is 2.66. The second kappa shape index (κ2) is 8.03. The van der Waals surface area contributed by atoms with E-state index in [1.165, 1.54) is 12.8 Å². The molecule has 0 radical (unpaired) electrons. The van der Waals surface area contributed by atoms with Crippen LogP contribution < -0.4 is 20.9 Å². The molecule has 3 N–H and O–H groups in total. The van der Waals surface area contributed by atoms with E-state index < -0.39 is 0 Å². The van der Waals surface area contributed by atoms with E-state index in [9.17, 15) is 0 Å². The van der Waals surface area contributed by atoms with Crippen LogP contribution in [-0.2, 0) is 0 Å². The summed E-state index contributed by atoms with van der Waals surface area (Å²) < 4.78 is 5.40. The quantitative estimate of drug-likeness (QED) is 0.639. The third-order valence-electron chi connectivity index (χ3n) is 4.60. The molecule has 1 aromatic heterocycles. The number of methoxy groups -OCH3 is 1. The normalized spacial score (nSPS) is 15.3. The Morgan fingerprint density at radius 3 is 2.22 bits per heavy atom. The third kappa shape index (κ3) is 4.33. The lowest BCUT2D eigenvalue weighted by molar-refractivity contribution is 0.417. The van der Waals surface area contributed by atoms with Crippen molar-refractivity contribution in [2.75, 3.05) is 23.3 Å². The molecule has 1 aromatic carbocycles. The van der Waals surface area contributed by atoms with Gasteiger partial charge in [-0.15, -0.1) is 0 Å². The Morgan fingerprint density at radius 1 is 0.889 bits per heavy atom. The second-order valence-electron chi connectivity index (χ2n) is 6.57. The molecule has 0 unspecified atom stereocenters. The van der Waals surface area contributed by atoms with Crippen LogP contribution in [0.2, 0.25) is 0 Å². The van der Waals surface area contributed by atoms with Crippen molar-refractivity contribution in [3.8, 4) is 5.75 Å². The number of ether oxygens (including phenoxy) is 1. The summed E-state index contributed by atoms with van der Waals surface area (Å²) in [4.78, 5) is 8.97. The fraction of sp³-hybridized carbons (Fsp3) is 0.368. The number of para-hydroxylation sites is 2. The highest BCUT2D eigenvalue weighted by molar-refractivity contribution is 5.90. The predicted octanol–water partition coefficient (Wildman–Crippen LogP) is 4.13. The Balaban J connectivity index is 1.57. The van der Waals surface area contributed by atoms with Crippen LogP contribution in [-0.4, -0.2) is 28.5 Å². The van der Waals surface area contributed by atoms with Crippen LogP contribution in [0.3, 0.4) is 0 Å². The van der Waals surface area contributed by atoms with Gasteiger partial charge in [0, 0.05) is 17.5 Å². The molecule has 8 heteroatoms. The highest BCUT2D eigenvalue weighted by Gasteiger charge is 2.13. The molecule has 8 nitrogen and oxygen atoms in total. The number of nitrogens with one attached hydrogen (secondary N) is 3. The summed E-state index contributed by atoms with van der Waals surface area (Å²) in [6.07, 6.45) is 6.55. The first-order chi connectivity index (χ1) is 13.3. The molecule has 2 aliphatic rings. The standard InChI is InChI=1S/C19H23N7O/c1-27-16-11-3-2-10-15(16)20-17-12-18(25-23-13-6-4-7-13)22-19(21-17)26-24-14-8-5-9-14/h2-3,10-12H,4-9H2,1H3,(H3,20,21,22,25,26). The van der Waals surface area contributed by atoms with E-state index in [0.717, 1.165) is 48.5 Å². The number of rotatable bonds is 7. The average molecular weight is 365 g/mol. The van der Waals surface area contributed by atoms with Crippen LogP contribution >= 0.6 is 0 Å². The number of hydrogen-bond acceptors (Lipinski definition) is 8. The van der Waals surface area contributed by atoms with Gasteiger partial charge >= 0.3 is 0 Å². The van der Waals surface area contributed by atoms with E-state index in [4.69, 9.17) is 4.74 Å². The van der Waals surface area contributed by atoms with Gasteiger partial charge in [0.05, 0.1) is 12.8 Å². The number of nitrogens with zero attached hydrogens (tertiary/aromatic N) is 4. The molecule has 140 valence electrons. The van der Waals surface area contributed by atoms with Crippen molar-refractivity contribution in [2.45, 2.75) is 38.5 Å². The van der Waals surface area contributed by atoms with Crippen molar-refractivity contribution in [2.24, 2.45) is 10.2 Å². The van der Waals surface area contributed by atoms with Gasteiger partial charge in [-0.05, 0) is 50.7 Å². The Labute approximate surface area is 158 Å². The van der Waals surface area contributed by atoms with Gasteiger partial charge in [-0.25, -0.2) is 5.43 Å². The molecule has 0 saturated heterocycles. The van der Waals surface area contributed by atoms with Crippen LogP contribution in [0.1, 0.15) is 38.5 Å². The first-order valence-corrected chi connectivity index (χ1v) is 9.22. The van der Waals surface area contributed by atoms with Crippen molar-refractivity contribution in [3.63, 3.8) is 0 Å². The van der Waals surface area contributed by atoms with Gasteiger partial charge in [-0.3, -0.25) is 5.43 Å². The second-order valence-corrected chi connectivity index (χ2v) is 6.57. The molecule has 27 heavy (non-hydrogen) atoms. The molecule has 2 fully saturated rings. The van der Waals surface area contributed by atoms with Crippen molar-refractivity contribution in [3.05, 3.63) is 30.3 Å². The number of anilines is 4. The minimum absolute atomic E-state index is 0.422. The monoisotopic (exact) mass is 365 g/mol. The van der Waals surface area contributed by atoms with E-state index in [1.807, 2.05) is 30.3 Å². The fourth-order valence-corrected chi connectivity index (χ4v) is 2.66. The maximum Gasteiger partial charge on any atom is 0.247 e. The Morgan fingerprint density at radius 2 is 1.56 bits per heavy atom. The highest BCUT2D eigenvalue weighted by Crippen LogP contribution is 2.27. The van der Waals surface area contributed by atoms with Gasteiger partial charge in [-0.1, -0.05) is 12.1 Å². The molecular weight excluding hydrogens is 342 g/mol. The molecule has 2 aliphatic carbocycles. The summed E-state index contributed by atoms with van der Waals surface area (Å²) >= 11 is 0. The van der Waals surface area contributed by atoms with Gasteiger partial charge in [0.2, 0.25) is 5.95 Å². The van der Waals surface area contributed by atoms with E-state index in [-0.39, 0.29) is 0 Å². The van der Waals surface area contributed by atoms with Crippen LogP contribution in [0.4, 0.5) is 23.3 Å². The molecule has 0 spiro atoms.